The van der Waals surface area contributed by atoms with Crippen molar-refractivity contribution in [2.45, 2.75) is 4.90 Å². The molecule has 0 unspecified atom stereocenters. The first-order valence-corrected chi connectivity index (χ1v) is 12.7. The molecule has 0 bridgehead atoms. The minimum absolute atomic E-state index is 0.113. The average molecular weight is 494 g/mol. The van der Waals surface area contributed by atoms with Gasteiger partial charge in [0, 0.05) is 23.7 Å². The van der Waals surface area contributed by atoms with E-state index in [2.05, 4.69) is 5.32 Å². The molecular formula is C20H19N3O6S3. The Labute approximate surface area is 193 Å². The van der Waals surface area contributed by atoms with Crippen LogP contribution in [0.2, 0.25) is 0 Å². The summed E-state index contributed by atoms with van der Waals surface area (Å²) in [4.78, 5) is 39.2. The molecule has 2 aliphatic rings. The van der Waals surface area contributed by atoms with Crippen LogP contribution < -0.4 is 5.32 Å². The van der Waals surface area contributed by atoms with Crippen LogP contribution in [0.3, 0.4) is 0 Å². The van der Waals surface area contributed by atoms with E-state index in [0.29, 0.717) is 32.0 Å². The highest BCUT2D eigenvalue weighted by molar-refractivity contribution is 8.18. The van der Waals surface area contributed by atoms with Crippen molar-refractivity contribution < 1.29 is 27.5 Å². The molecule has 3 heterocycles. The molecule has 1 aromatic carbocycles. The molecule has 9 nitrogen and oxygen atoms in total. The van der Waals surface area contributed by atoms with Crippen LogP contribution in [0.5, 0.6) is 0 Å². The van der Waals surface area contributed by atoms with Gasteiger partial charge in [-0.1, -0.05) is 6.07 Å². The number of rotatable bonds is 6. The van der Waals surface area contributed by atoms with Crippen LogP contribution in [0.25, 0.3) is 6.08 Å². The molecule has 1 aromatic heterocycles. The normalized spacial score (nSPS) is 19.0. The number of carbonyl (C=O) groups is 3. The highest BCUT2D eigenvalue weighted by atomic mass is 32.2. The maximum Gasteiger partial charge on any atom is 0.294 e. The number of thioether (sulfide) groups is 1. The summed E-state index contributed by atoms with van der Waals surface area (Å²) in [5.74, 6) is -1.08. The van der Waals surface area contributed by atoms with Crippen LogP contribution in [0.15, 0.2) is 51.6 Å². The van der Waals surface area contributed by atoms with Gasteiger partial charge < -0.3 is 10.1 Å². The standard InChI is InChI=1S/C20H19N3O6S3/c24-18(13-23-19(25)17(31-20(23)26)12-15-2-1-11-30-15)21-14-3-5-16(6-4-14)32(27,28)22-7-9-29-10-8-22/h1-6,11-12H,7-10,13H2,(H,21,24)/b17-12+. The molecule has 0 radical (unpaired) electrons. The SMILES string of the molecule is O=C(CN1C(=O)S/C(=C/c2cccs2)C1=O)Nc1ccc(S(=O)(=O)N2CCOCC2)cc1. The van der Waals surface area contributed by atoms with E-state index in [4.69, 9.17) is 4.74 Å². The summed E-state index contributed by atoms with van der Waals surface area (Å²) in [6.07, 6.45) is 1.63. The van der Waals surface area contributed by atoms with E-state index in [0.717, 1.165) is 21.5 Å². The van der Waals surface area contributed by atoms with Crippen molar-refractivity contribution in [2.24, 2.45) is 0 Å². The maximum absolute atomic E-state index is 12.7. The Bertz CT molecular complexity index is 1150. The third-order valence-electron chi connectivity index (χ3n) is 4.74. The zero-order valence-electron chi connectivity index (χ0n) is 16.7. The van der Waals surface area contributed by atoms with Crippen LogP contribution in [0, 0.1) is 0 Å². The molecule has 4 rings (SSSR count). The summed E-state index contributed by atoms with van der Waals surface area (Å²) >= 11 is 2.23. The van der Waals surface area contributed by atoms with Crippen LogP contribution in [-0.4, -0.2) is 67.5 Å². The Morgan fingerprint density at radius 2 is 1.84 bits per heavy atom. The van der Waals surface area contributed by atoms with Gasteiger partial charge in [-0.05, 0) is 53.5 Å². The molecular weight excluding hydrogens is 474 g/mol. The molecule has 12 heteroatoms. The number of benzene rings is 1. The van der Waals surface area contributed by atoms with Gasteiger partial charge in [0.2, 0.25) is 15.9 Å². The number of hydrogen-bond acceptors (Lipinski definition) is 8. The van der Waals surface area contributed by atoms with Crippen molar-refractivity contribution in [1.29, 1.82) is 0 Å². The molecule has 168 valence electrons. The first kappa shape index (κ1) is 22.7. The number of anilines is 1. The second-order valence-corrected chi connectivity index (χ2v) is 10.8. The summed E-state index contributed by atoms with van der Waals surface area (Å²) in [5, 5.41) is 3.94. The second kappa shape index (κ2) is 9.55. The fourth-order valence-electron chi connectivity index (χ4n) is 3.13. The summed E-state index contributed by atoms with van der Waals surface area (Å²) in [5.41, 5.74) is 0.358. The van der Waals surface area contributed by atoms with Gasteiger partial charge in [0.05, 0.1) is 23.0 Å². The third kappa shape index (κ3) is 4.94. The molecule has 2 fully saturated rings. The molecule has 0 spiro atoms. The lowest BCUT2D eigenvalue weighted by atomic mass is 10.3. The lowest BCUT2D eigenvalue weighted by Gasteiger charge is -2.26. The Kier molecular flexibility index (Phi) is 6.76. The molecule has 0 saturated carbocycles. The van der Waals surface area contributed by atoms with E-state index in [-0.39, 0.29) is 9.80 Å². The van der Waals surface area contributed by atoms with E-state index in [1.165, 1.54) is 39.9 Å². The summed E-state index contributed by atoms with van der Waals surface area (Å²) in [6, 6.07) is 9.42. The van der Waals surface area contributed by atoms with E-state index < -0.39 is 33.6 Å². The van der Waals surface area contributed by atoms with Gasteiger partial charge in [0.25, 0.3) is 11.1 Å². The van der Waals surface area contributed by atoms with Gasteiger partial charge >= 0.3 is 0 Å². The van der Waals surface area contributed by atoms with Gasteiger partial charge in [-0.15, -0.1) is 11.3 Å². The second-order valence-electron chi connectivity index (χ2n) is 6.87. The first-order valence-electron chi connectivity index (χ1n) is 9.61. The van der Waals surface area contributed by atoms with Gasteiger partial charge in [-0.25, -0.2) is 8.42 Å². The topological polar surface area (TPSA) is 113 Å². The molecule has 2 aromatic rings. The number of ether oxygens (including phenoxy) is 1. The first-order chi connectivity index (χ1) is 15.3. The van der Waals surface area contributed by atoms with E-state index >= 15 is 0 Å². The van der Waals surface area contributed by atoms with Gasteiger partial charge in [0.1, 0.15) is 6.54 Å². The number of thiophene rings is 1. The number of nitrogens with one attached hydrogen (secondary N) is 1. The highest BCUT2D eigenvalue weighted by Crippen LogP contribution is 2.32. The van der Waals surface area contributed by atoms with Crippen molar-refractivity contribution in [3.05, 3.63) is 51.6 Å². The number of hydrogen-bond donors (Lipinski definition) is 1. The molecule has 2 saturated heterocycles. The van der Waals surface area contributed by atoms with Crippen molar-refractivity contribution in [3.8, 4) is 0 Å². The van der Waals surface area contributed by atoms with E-state index in [1.807, 2.05) is 17.5 Å². The summed E-state index contributed by atoms with van der Waals surface area (Å²) in [7, 11) is -3.63. The van der Waals surface area contributed by atoms with Gasteiger partial charge in [0.15, 0.2) is 0 Å². The number of sulfonamides is 1. The smallest absolute Gasteiger partial charge is 0.294 e. The quantitative estimate of drug-likeness (QED) is 0.615. The molecule has 0 atom stereocenters. The van der Waals surface area contributed by atoms with Crippen molar-refractivity contribution in [3.63, 3.8) is 0 Å². The lowest BCUT2D eigenvalue weighted by Crippen LogP contribution is -2.40. The molecule has 3 amide bonds. The monoisotopic (exact) mass is 493 g/mol. The van der Waals surface area contributed by atoms with Crippen LogP contribution in [-0.2, 0) is 24.3 Å². The van der Waals surface area contributed by atoms with Crippen molar-refractivity contribution in [2.75, 3.05) is 38.2 Å². The largest absolute Gasteiger partial charge is 0.379 e. The summed E-state index contributed by atoms with van der Waals surface area (Å²) < 4.78 is 31.9. The Morgan fingerprint density at radius 3 is 2.50 bits per heavy atom. The number of morpholine rings is 1. The van der Waals surface area contributed by atoms with Crippen molar-refractivity contribution >= 4 is 61.9 Å². The summed E-state index contributed by atoms with van der Waals surface area (Å²) in [6.45, 7) is 0.854. The number of carbonyl (C=O) groups excluding carboxylic acids is 3. The fraction of sp³-hybridized carbons (Fsp3) is 0.250. The maximum atomic E-state index is 12.7. The Balaban J connectivity index is 1.38. The number of amides is 3. The number of nitrogens with zero attached hydrogens (tertiary/aromatic N) is 2. The molecule has 1 N–H and O–H groups in total. The minimum Gasteiger partial charge on any atom is -0.379 e. The van der Waals surface area contributed by atoms with Gasteiger partial charge in [-0.2, -0.15) is 4.31 Å². The molecule has 2 aliphatic heterocycles. The Morgan fingerprint density at radius 1 is 1.12 bits per heavy atom. The minimum atomic E-state index is -3.63. The van der Waals surface area contributed by atoms with E-state index in [9.17, 15) is 22.8 Å². The van der Waals surface area contributed by atoms with Crippen LogP contribution in [0.1, 0.15) is 4.88 Å². The Hall–Kier alpha value is -2.51. The zero-order chi connectivity index (χ0) is 22.7. The predicted molar refractivity (Wildman–Crippen MR) is 122 cm³/mol. The van der Waals surface area contributed by atoms with E-state index in [1.54, 1.807) is 6.08 Å². The predicted octanol–water partition coefficient (Wildman–Crippen LogP) is 2.44. The van der Waals surface area contributed by atoms with Crippen LogP contribution >= 0.6 is 23.1 Å². The van der Waals surface area contributed by atoms with Gasteiger partial charge in [-0.3, -0.25) is 19.3 Å². The average Bonchev–Trinajstić information content (AvgIpc) is 3.39. The molecule has 0 aliphatic carbocycles. The van der Waals surface area contributed by atoms with Crippen LogP contribution in [0.4, 0.5) is 10.5 Å². The zero-order valence-corrected chi connectivity index (χ0v) is 19.2. The van der Waals surface area contributed by atoms with Crippen molar-refractivity contribution in [1.82, 2.24) is 9.21 Å². The highest BCUT2D eigenvalue weighted by Gasteiger charge is 2.36. The third-order valence-corrected chi connectivity index (χ3v) is 8.38. The fourth-order valence-corrected chi connectivity index (χ4v) is 6.10. The lowest BCUT2D eigenvalue weighted by molar-refractivity contribution is -0.127. The molecule has 32 heavy (non-hydrogen) atoms. The number of imide groups is 1.